The maximum atomic E-state index is 13.0. The van der Waals surface area contributed by atoms with Gasteiger partial charge in [0.15, 0.2) is 11.5 Å². The highest BCUT2D eigenvalue weighted by Gasteiger charge is 2.12. The molecule has 0 amide bonds. The van der Waals surface area contributed by atoms with E-state index < -0.39 is 11.8 Å². The molecule has 24 heavy (non-hydrogen) atoms. The van der Waals surface area contributed by atoms with E-state index in [0.717, 1.165) is 0 Å². The van der Waals surface area contributed by atoms with E-state index in [4.69, 9.17) is 9.47 Å². The molecule has 0 aliphatic heterocycles. The van der Waals surface area contributed by atoms with Crippen molar-refractivity contribution in [2.75, 3.05) is 7.11 Å². The molecule has 0 saturated heterocycles. The van der Waals surface area contributed by atoms with Gasteiger partial charge in [0.05, 0.1) is 18.8 Å². The fraction of sp³-hybridized carbons (Fsp3) is 0.211. The van der Waals surface area contributed by atoms with Crippen LogP contribution in [0.4, 0.5) is 4.39 Å². The first-order chi connectivity index (χ1) is 11.4. The molecule has 0 aliphatic rings. The van der Waals surface area contributed by atoms with Gasteiger partial charge in [0.1, 0.15) is 5.82 Å². The van der Waals surface area contributed by atoms with Gasteiger partial charge in [0.25, 0.3) is 0 Å². The Kier molecular flexibility index (Phi) is 5.58. The Labute approximate surface area is 140 Å². The Morgan fingerprint density at radius 3 is 2.33 bits per heavy atom. The Bertz CT molecular complexity index is 748. The van der Waals surface area contributed by atoms with E-state index in [0.29, 0.717) is 22.6 Å². The highest BCUT2D eigenvalue weighted by Crippen LogP contribution is 2.30. The van der Waals surface area contributed by atoms with Gasteiger partial charge in [0.2, 0.25) is 0 Å². The van der Waals surface area contributed by atoms with E-state index >= 15 is 0 Å². The van der Waals surface area contributed by atoms with Crippen molar-refractivity contribution < 1.29 is 23.8 Å². The molecule has 0 bridgehead atoms. The third kappa shape index (κ3) is 4.35. The molecule has 0 heterocycles. The molecule has 0 saturated carbocycles. The number of rotatable bonds is 6. The van der Waals surface area contributed by atoms with Crippen LogP contribution in [0.15, 0.2) is 42.5 Å². The van der Waals surface area contributed by atoms with Crippen LogP contribution in [-0.4, -0.2) is 24.3 Å². The van der Waals surface area contributed by atoms with Crippen molar-refractivity contribution in [2.45, 2.75) is 20.0 Å². The SMILES string of the molecule is COc1cc(/C=C(\C(=O)O)c2ccc(F)cc2)ccc1OC(C)C. The zero-order valence-electron chi connectivity index (χ0n) is 13.7. The van der Waals surface area contributed by atoms with Crippen molar-refractivity contribution in [3.05, 3.63) is 59.4 Å². The van der Waals surface area contributed by atoms with Crippen LogP contribution < -0.4 is 9.47 Å². The van der Waals surface area contributed by atoms with Crippen LogP contribution in [0.5, 0.6) is 11.5 Å². The van der Waals surface area contributed by atoms with Gasteiger partial charge < -0.3 is 14.6 Å². The summed E-state index contributed by atoms with van der Waals surface area (Å²) < 4.78 is 24.0. The fourth-order valence-corrected chi connectivity index (χ4v) is 2.19. The maximum absolute atomic E-state index is 13.0. The number of halogens is 1. The lowest BCUT2D eigenvalue weighted by molar-refractivity contribution is -0.130. The number of hydrogen-bond acceptors (Lipinski definition) is 3. The van der Waals surface area contributed by atoms with Gasteiger partial charge in [-0.3, -0.25) is 0 Å². The molecule has 2 aromatic carbocycles. The van der Waals surface area contributed by atoms with Crippen LogP contribution in [0, 0.1) is 5.82 Å². The standard InChI is InChI=1S/C19H19FO4/c1-12(2)24-17-9-4-13(11-18(17)23-3)10-16(19(21)22)14-5-7-15(20)8-6-14/h4-12H,1-3H3,(H,21,22)/b16-10-. The summed E-state index contributed by atoms with van der Waals surface area (Å²) in [6, 6.07) is 10.5. The van der Waals surface area contributed by atoms with Crippen LogP contribution >= 0.6 is 0 Å². The number of ether oxygens (including phenoxy) is 2. The second-order valence-corrected chi connectivity index (χ2v) is 5.45. The first kappa shape index (κ1) is 17.5. The predicted molar refractivity (Wildman–Crippen MR) is 90.7 cm³/mol. The van der Waals surface area contributed by atoms with Gasteiger partial charge in [-0.25, -0.2) is 9.18 Å². The summed E-state index contributed by atoms with van der Waals surface area (Å²) in [5.41, 5.74) is 1.13. The van der Waals surface area contributed by atoms with Crippen molar-refractivity contribution in [1.82, 2.24) is 0 Å². The van der Waals surface area contributed by atoms with Crippen LogP contribution in [0.25, 0.3) is 11.6 Å². The number of carboxylic acids is 1. The largest absolute Gasteiger partial charge is 0.493 e. The van der Waals surface area contributed by atoms with Crippen LogP contribution in [-0.2, 0) is 4.79 Å². The average molecular weight is 330 g/mol. The monoisotopic (exact) mass is 330 g/mol. The van der Waals surface area contributed by atoms with Gasteiger partial charge in [0, 0.05) is 0 Å². The molecule has 4 nitrogen and oxygen atoms in total. The predicted octanol–water partition coefficient (Wildman–Crippen LogP) is 4.25. The number of hydrogen-bond donors (Lipinski definition) is 1. The molecule has 0 aliphatic carbocycles. The quantitative estimate of drug-likeness (QED) is 0.635. The second kappa shape index (κ2) is 7.64. The number of methoxy groups -OCH3 is 1. The summed E-state index contributed by atoms with van der Waals surface area (Å²) in [4.78, 5) is 11.5. The van der Waals surface area contributed by atoms with Crippen molar-refractivity contribution in [3.63, 3.8) is 0 Å². The van der Waals surface area contributed by atoms with Gasteiger partial charge in [-0.05, 0) is 55.3 Å². The van der Waals surface area contributed by atoms with Gasteiger partial charge >= 0.3 is 5.97 Å². The van der Waals surface area contributed by atoms with Gasteiger partial charge in [-0.2, -0.15) is 0 Å². The summed E-state index contributed by atoms with van der Waals surface area (Å²) in [6.45, 7) is 3.81. The minimum absolute atomic E-state index is 0.00547. The lowest BCUT2D eigenvalue weighted by atomic mass is 10.0. The number of carboxylic acid groups (broad SMARTS) is 1. The van der Waals surface area contributed by atoms with E-state index in [1.807, 2.05) is 13.8 Å². The van der Waals surface area contributed by atoms with Gasteiger partial charge in [-0.1, -0.05) is 18.2 Å². The summed E-state index contributed by atoms with van der Waals surface area (Å²) >= 11 is 0. The second-order valence-electron chi connectivity index (χ2n) is 5.45. The summed E-state index contributed by atoms with van der Waals surface area (Å²) in [5.74, 6) is -0.409. The topological polar surface area (TPSA) is 55.8 Å². The first-order valence-electron chi connectivity index (χ1n) is 7.46. The van der Waals surface area contributed by atoms with E-state index in [9.17, 15) is 14.3 Å². The fourth-order valence-electron chi connectivity index (χ4n) is 2.19. The summed E-state index contributed by atoms with van der Waals surface area (Å²) in [5, 5.41) is 9.44. The molecule has 0 spiro atoms. The van der Waals surface area contributed by atoms with Crippen molar-refractivity contribution in [1.29, 1.82) is 0 Å². The number of aliphatic carboxylic acids is 1. The third-order valence-electron chi connectivity index (χ3n) is 3.25. The molecule has 5 heteroatoms. The zero-order chi connectivity index (χ0) is 17.7. The third-order valence-corrected chi connectivity index (χ3v) is 3.25. The normalized spacial score (nSPS) is 11.5. The molecule has 0 unspecified atom stereocenters. The molecule has 0 aromatic heterocycles. The highest BCUT2D eigenvalue weighted by molar-refractivity contribution is 6.20. The molecular formula is C19H19FO4. The van der Waals surface area contributed by atoms with Crippen LogP contribution in [0.1, 0.15) is 25.0 Å². The zero-order valence-corrected chi connectivity index (χ0v) is 13.7. The Hall–Kier alpha value is -2.82. The molecule has 0 radical (unpaired) electrons. The molecule has 126 valence electrons. The van der Waals surface area contributed by atoms with Crippen molar-refractivity contribution in [2.24, 2.45) is 0 Å². The Morgan fingerprint density at radius 2 is 1.79 bits per heavy atom. The molecular weight excluding hydrogens is 311 g/mol. The summed E-state index contributed by atoms with van der Waals surface area (Å²) in [7, 11) is 1.52. The van der Waals surface area contributed by atoms with Crippen molar-refractivity contribution >= 4 is 17.6 Å². The number of carbonyl (C=O) groups is 1. The maximum Gasteiger partial charge on any atom is 0.336 e. The minimum atomic E-state index is -1.09. The van der Waals surface area contributed by atoms with E-state index in [-0.39, 0.29) is 11.7 Å². The molecule has 0 fully saturated rings. The Morgan fingerprint density at radius 1 is 1.12 bits per heavy atom. The summed E-state index contributed by atoms with van der Waals surface area (Å²) in [6.07, 6.45) is 1.51. The highest BCUT2D eigenvalue weighted by atomic mass is 19.1. The van der Waals surface area contributed by atoms with Crippen LogP contribution in [0.3, 0.4) is 0 Å². The van der Waals surface area contributed by atoms with E-state index in [1.165, 1.54) is 37.5 Å². The molecule has 2 rings (SSSR count). The van der Waals surface area contributed by atoms with Crippen LogP contribution in [0.2, 0.25) is 0 Å². The molecule has 1 N–H and O–H groups in total. The Balaban J connectivity index is 2.42. The van der Waals surface area contributed by atoms with E-state index in [1.54, 1.807) is 18.2 Å². The van der Waals surface area contributed by atoms with Crippen molar-refractivity contribution in [3.8, 4) is 11.5 Å². The number of benzene rings is 2. The van der Waals surface area contributed by atoms with Gasteiger partial charge in [-0.15, -0.1) is 0 Å². The smallest absolute Gasteiger partial charge is 0.336 e. The first-order valence-corrected chi connectivity index (χ1v) is 7.46. The van der Waals surface area contributed by atoms with E-state index in [2.05, 4.69) is 0 Å². The lowest BCUT2D eigenvalue weighted by Gasteiger charge is -2.14. The molecule has 0 atom stereocenters. The molecule has 2 aromatic rings. The lowest BCUT2D eigenvalue weighted by Crippen LogP contribution is -2.06. The minimum Gasteiger partial charge on any atom is -0.493 e. The average Bonchev–Trinajstić information content (AvgIpc) is 2.54.